The molecule has 0 saturated heterocycles. The van der Waals surface area contributed by atoms with E-state index < -0.39 is 0 Å². The van der Waals surface area contributed by atoms with Gasteiger partial charge in [0, 0.05) is 11.8 Å². The average molecular weight is 389 g/mol. The molecule has 148 valence electrons. The van der Waals surface area contributed by atoms with Gasteiger partial charge in [0.25, 0.3) is 5.91 Å². The minimum Gasteiger partial charge on any atom is -0.497 e. The van der Waals surface area contributed by atoms with Gasteiger partial charge in [-0.25, -0.2) is 5.43 Å². The van der Waals surface area contributed by atoms with E-state index in [2.05, 4.69) is 15.8 Å². The van der Waals surface area contributed by atoms with Crippen molar-refractivity contribution in [2.45, 2.75) is 6.61 Å². The third-order valence-electron chi connectivity index (χ3n) is 4.03. The third kappa shape index (κ3) is 6.70. The summed E-state index contributed by atoms with van der Waals surface area (Å²) in [6.45, 7) is 0.596. The van der Waals surface area contributed by atoms with Crippen molar-refractivity contribution in [2.75, 3.05) is 19.0 Å². The molecule has 2 N–H and O–H groups in total. The summed E-state index contributed by atoms with van der Waals surface area (Å²) in [5.74, 6) is 1.21. The van der Waals surface area contributed by atoms with E-state index in [-0.39, 0.29) is 12.5 Å². The first-order valence-corrected chi connectivity index (χ1v) is 9.19. The molecule has 0 aliphatic rings. The monoisotopic (exact) mass is 389 g/mol. The summed E-state index contributed by atoms with van der Waals surface area (Å²) in [5, 5.41) is 7.03. The summed E-state index contributed by atoms with van der Waals surface area (Å²) >= 11 is 0. The Morgan fingerprint density at radius 3 is 2.59 bits per heavy atom. The third-order valence-corrected chi connectivity index (χ3v) is 4.03. The lowest BCUT2D eigenvalue weighted by molar-refractivity contribution is -0.119. The molecule has 0 fully saturated rings. The highest BCUT2D eigenvalue weighted by Crippen LogP contribution is 2.16. The van der Waals surface area contributed by atoms with Gasteiger partial charge >= 0.3 is 0 Å². The van der Waals surface area contributed by atoms with E-state index in [1.54, 1.807) is 13.3 Å². The van der Waals surface area contributed by atoms with Crippen LogP contribution in [0.1, 0.15) is 11.1 Å². The molecule has 0 unspecified atom stereocenters. The van der Waals surface area contributed by atoms with Crippen LogP contribution in [0.25, 0.3) is 0 Å². The smallest absolute Gasteiger partial charge is 0.259 e. The number of hydrazone groups is 1. The summed E-state index contributed by atoms with van der Waals surface area (Å²) in [6.07, 6.45) is 1.58. The number of hydrogen-bond donors (Lipinski definition) is 2. The maximum atomic E-state index is 11.9. The Hall–Kier alpha value is -3.80. The van der Waals surface area contributed by atoms with Crippen LogP contribution >= 0.6 is 0 Å². The van der Waals surface area contributed by atoms with Crippen LogP contribution in [-0.2, 0) is 11.4 Å². The van der Waals surface area contributed by atoms with E-state index in [9.17, 15) is 4.79 Å². The number of hydrogen-bond acceptors (Lipinski definition) is 5. The van der Waals surface area contributed by atoms with Crippen LogP contribution in [-0.4, -0.2) is 25.8 Å². The van der Waals surface area contributed by atoms with Crippen LogP contribution in [0.4, 0.5) is 5.69 Å². The fourth-order valence-corrected chi connectivity index (χ4v) is 2.56. The van der Waals surface area contributed by atoms with Gasteiger partial charge in [-0.3, -0.25) is 4.79 Å². The Morgan fingerprint density at radius 1 is 0.966 bits per heavy atom. The quantitative estimate of drug-likeness (QED) is 0.431. The highest BCUT2D eigenvalue weighted by atomic mass is 16.5. The van der Waals surface area contributed by atoms with E-state index in [0.29, 0.717) is 6.61 Å². The van der Waals surface area contributed by atoms with Crippen LogP contribution < -0.4 is 20.2 Å². The molecule has 0 bridgehead atoms. The molecule has 0 atom stereocenters. The second kappa shape index (κ2) is 10.5. The largest absolute Gasteiger partial charge is 0.497 e. The first-order valence-electron chi connectivity index (χ1n) is 9.19. The maximum Gasteiger partial charge on any atom is 0.259 e. The molecule has 0 saturated carbocycles. The van der Waals surface area contributed by atoms with Gasteiger partial charge in [0.2, 0.25) is 0 Å². The van der Waals surface area contributed by atoms with Crippen LogP contribution in [0.5, 0.6) is 11.5 Å². The molecule has 6 heteroatoms. The molecular formula is C23H23N3O3. The summed E-state index contributed by atoms with van der Waals surface area (Å²) in [4.78, 5) is 11.9. The molecule has 6 nitrogen and oxygen atoms in total. The van der Waals surface area contributed by atoms with Gasteiger partial charge in [-0.2, -0.15) is 5.10 Å². The zero-order valence-electron chi connectivity index (χ0n) is 16.2. The second-order valence-electron chi connectivity index (χ2n) is 6.23. The summed E-state index contributed by atoms with van der Waals surface area (Å²) < 4.78 is 11.0. The second-order valence-corrected chi connectivity index (χ2v) is 6.23. The van der Waals surface area contributed by atoms with Crippen LogP contribution in [0.15, 0.2) is 84.0 Å². The van der Waals surface area contributed by atoms with Crippen molar-refractivity contribution in [2.24, 2.45) is 5.10 Å². The SMILES string of the molecule is COc1cccc(NCC(=O)N/N=C\c2cccc(OCc3ccccc3)c2)c1. The fourth-order valence-electron chi connectivity index (χ4n) is 2.56. The minimum atomic E-state index is -0.249. The zero-order chi connectivity index (χ0) is 20.3. The molecule has 0 radical (unpaired) electrons. The zero-order valence-corrected chi connectivity index (χ0v) is 16.2. The maximum absolute atomic E-state index is 11.9. The number of benzene rings is 3. The summed E-state index contributed by atoms with van der Waals surface area (Å²) in [6, 6.07) is 24.9. The van der Waals surface area contributed by atoms with Crippen molar-refractivity contribution in [1.82, 2.24) is 5.43 Å². The normalized spacial score (nSPS) is 10.5. The van der Waals surface area contributed by atoms with Crippen molar-refractivity contribution in [3.05, 3.63) is 90.0 Å². The van der Waals surface area contributed by atoms with Crippen LogP contribution in [0, 0.1) is 0 Å². The van der Waals surface area contributed by atoms with Crippen molar-refractivity contribution in [3.8, 4) is 11.5 Å². The van der Waals surface area contributed by atoms with Crippen LogP contribution in [0.3, 0.4) is 0 Å². The standard InChI is InChI=1S/C23H23N3O3/c1-28-21-11-6-10-20(14-21)24-16-23(27)26-25-15-19-9-5-12-22(13-19)29-17-18-7-3-2-4-8-18/h2-15,24H,16-17H2,1H3,(H,26,27)/b25-15-. The van der Waals surface area contributed by atoms with E-state index in [1.165, 1.54) is 0 Å². The highest BCUT2D eigenvalue weighted by molar-refractivity contribution is 5.84. The van der Waals surface area contributed by atoms with Gasteiger partial charge in [0.15, 0.2) is 0 Å². The summed E-state index contributed by atoms with van der Waals surface area (Å²) in [7, 11) is 1.60. The lowest BCUT2D eigenvalue weighted by atomic mass is 10.2. The van der Waals surface area contributed by atoms with Gasteiger partial charge in [-0.1, -0.05) is 48.5 Å². The topological polar surface area (TPSA) is 72.0 Å². The first-order chi connectivity index (χ1) is 14.2. The predicted octanol–water partition coefficient (Wildman–Crippen LogP) is 3.84. The molecule has 3 aromatic rings. The van der Waals surface area contributed by atoms with Crippen molar-refractivity contribution >= 4 is 17.8 Å². The number of anilines is 1. The lowest BCUT2D eigenvalue weighted by Crippen LogP contribution is -2.25. The van der Waals surface area contributed by atoms with Gasteiger partial charge < -0.3 is 14.8 Å². The lowest BCUT2D eigenvalue weighted by Gasteiger charge is -2.07. The Kier molecular flexibility index (Phi) is 7.23. The van der Waals surface area contributed by atoms with Crippen molar-refractivity contribution in [3.63, 3.8) is 0 Å². The number of methoxy groups -OCH3 is 1. The Bertz CT molecular complexity index is 958. The number of nitrogens with zero attached hydrogens (tertiary/aromatic N) is 1. The van der Waals surface area contributed by atoms with E-state index in [0.717, 1.165) is 28.3 Å². The van der Waals surface area contributed by atoms with Crippen molar-refractivity contribution in [1.29, 1.82) is 0 Å². The summed E-state index contributed by atoms with van der Waals surface area (Å²) in [5.41, 5.74) is 5.23. The minimum absolute atomic E-state index is 0.102. The fraction of sp³-hybridized carbons (Fsp3) is 0.130. The van der Waals surface area contributed by atoms with Gasteiger partial charge in [-0.05, 0) is 35.4 Å². The molecular weight excluding hydrogens is 366 g/mol. The van der Waals surface area contributed by atoms with Gasteiger partial charge in [0.1, 0.15) is 18.1 Å². The number of nitrogens with one attached hydrogen (secondary N) is 2. The van der Waals surface area contributed by atoms with E-state index in [1.807, 2.05) is 78.9 Å². The molecule has 0 aromatic heterocycles. The Morgan fingerprint density at radius 2 is 1.76 bits per heavy atom. The van der Waals surface area contributed by atoms with Gasteiger partial charge in [-0.15, -0.1) is 0 Å². The number of amides is 1. The number of carbonyl (C=O) groups is 1. The van der Waals surface area contributed by atoms with Crippen molar-refractivity contribution < 1.29 is 14.3 Å². The number of ether oxygens (including phenoxy) is 2. The molecule has 3 rings (SSSR count). The molecule has 3 aromatic carbocycles. The first kappa shape index (κ1) is 19.9. The average Bonchev–Trinajstić information content (AvgIpc) is 2.77. The molecule has 29 heavy (non-hydrogen) atoms. The number of rotatable bonds is 9. The molecule has 0 spiro atoms. The Balaban J connectivity index is 1.46. The Labute approximate surface area is 170 Å². The molecule has 1 amide bonds. The number of carbonyl (C=O) groups excluding carboxylic acids is 1. The predicted molar refractivity (Wildman–Crippen MR) is 114 cm³/mol. The highest BCUT2D eigenvalue weighted by Gasteiger charge is 2.01. The van der Waals surface area contributed by atoms with Gasteiger partial charge in [0.05, 0.1) is 19.9 Å². The molecule has 0 aliphatic heterocycles. The van der Waals surface area contributed by atoms with Crippen LogP contribution in [0.2, 0.25) is 0 Å². The molecule has 0 aliphatic carbocycles. The van der Waals surface area contributed by atoms with E-state index >= 15 is 0 Å². The molecule has 0 heterocycles. The van der Waals surface area contributed by atoms with E-state index in [4.69, 9.17) is 9.47 Å².